The van der Waals surface area contributed by atoms with Gasteiger partial charge in [-0.25, -0.2) is 0 Å². The van der Waals surface area contributed by atoms with Gasteiger partial charge in [-0.3, -0.25) is 4.79 Å². The Bertz CT molecular complexity index is 248. The fraction of sp³-hybridized carbons (Fsp3) is 0.889. The van der Waals surface area contributed by atoms with Crippen LogP contribution in [0.1, 0.15) is 39.0 Å². The normalized spacial score (nSPS) is 25.5. The zero-order valence-electron chi connectivity index (χ0n) is 8.35. The summed E-state index contributed by atoms with van der Waals surface area (Å²) in [6.45, 7) is 1.93. The molecule has 0 aromatic heterocycles. The van der Waals surface area contributed by atoms with E-state index in [1.165, 1.54) is 0 Å². The summed E-state index contributed by atoms with van der Waals surface area (Å²) in [5, 5.41) is 3.62. The summed E-state index contributed by atoms with van der Waals surface area (Å²) in [4.78, 5) is 13.9. The second-order valence-electron chi connectivity index (χ2n) is 3.48. The molecular formula is C9H15N3O2. The van der Waals surface area contributed by atoms with Gasteiger partial charge in [-0.1, -0.05) is 12.0 Å². The lowest BCUT2D eigenvalue weighted by Crippen LogP contribution is -2.24. The second kappa shape index (κ2) is 5.50. The maximum absolute atomic E-state index is 11.2. The Hall–Kier alpha value is -1.22. The number of carbonyl (C=O) groups is 1. The van der Waals surface area contributed by atoms with E-state index in [9.17, 15) is 4.79 Å². The summed E-state index contributed by atoms with van der Waals surface area (Å²) < 4.78 is 5.21. The van der Waals surface area contributed by atoms with Crippen LogP contribution in [0.3, 0.4) is 0 Å². The van der Waals surface area contributed by atoms with E-state index < -0.39 is 0 Å². The summed E-state index contributed by atoms with van der Waals surface area (Å²) in [6.07, 6.45) is 3.66. The van der Waals surface area contributed by atoms with Gasteiger partial charge in [-0.2, -0.15) is 0 Å². The number of hydrogen-bond acceptors (Lipinski definition) is 3. The Morgan fingerprint density at radius 2 is 2.43 bits per heavy atom. The smallest absolute Gasteiger partial charge is 0.306 e. The third kappa shape index (κ3) is 2.92. The quantitative estimate of drug-likeness (QED) is 0.300. The van der Waals surface area contributed by atoms with Gasteiger partial charge in [0.2, 0.25) is 0 Å². The molecule has 2 atom stereocenters. The monoisotopic (exact) mass is 197 g/mol. The number of esters is 1. The van der Waals surface area contributed by atoms with Crippen molar-refractivity contribution in [3.8, 4) is 0 Å². The summed E-state index contributed by atoms with van der Waals surface area (Å²) in [5.41, 5.74) is 8.30. The Kier molecular flexibility index (Phi) is 4.26. The molecule has 0 saturated heterocycles. The minimum Gasteiger partial charge on any atom is -0.462 e. The minimum atomic E-state index is -0.190. The van der Waals surface area contributed by atoms with E-state index in [0.29, 0.717) is 6.42 Å². The van der Waals surface area contributed by atoms with Crippen LogP contribution in [0.4, 0.5) is 0 Å². The van der Waals surface area contributed by atoms with Crippen LogP contribution in [0.15, 0.2) is 5.11 Å². The first kappa shape index (κ1) is 10.9. The number of azide groups is 1. The van der Waals surface area contributed by atoms with E-state index in [1.807, 2.05) is 6.92 Å². The zero-order chi connectivity index (χ0) is 10.4. The van der Waals surface area contributed by atoms with Gasteiger partial charge in [0, 0.05) is 11.3 Å². The standard InChI is InChI=1S/C9H15N3O2/c1-2-4-9(13)14-8-6-3-5-7(8)11-12-10/h7-8H,2-6H2,1H3/t7-,8-/m1/s1. The highest BCUT2D eigenvalue weighted by Gasteiger charge is 2.29. The Morgan fingerprint density at radius 1 is 1.64 bits per heavy atom. The number of ether oxygens (including phenoxy) is 1. The third-order valence-electron chi connectivity index (χ3n) is 2.35. The number of nitrogens with zero attached hydrogens (tertiary/aromatic N) is 3. The topological polar surface area (TPSA) is 75.1 Å². The lowest BCUT2D eigenvalue weighted by molar-refractivity contribution is -0.149. The van der Waals surface area contributed by atoms with E-state index in [-0.39, 0.29) is 18.1 Å². The van der Waals surface area contributed by atoms with Gasteiger partial charge in [0.1, 0.15) is 6.10 Å². The van der Waals surface area contributed by atoms with E-state index in [2.05, 4.69) is 10.0 Å². The molecule has 78 valence electrons. The van der Waals surface area contributed by atoms with Crippen molar-refractivity contribution in [1.82, 2.24) is 0 Å². The van der Waals surface area contributed by atoms with Crippen LogP contribution < -0.4 is 0 Å². The van der Waals surface area contributed by atoms with Gasteiger partial charge in [0.05, 0.1) is 6.04 Å². The average Bonchev–Trinajstić information content (AvgIpc) is 2.54. The van der Waals surface area contributed by atoms with Crippen molar-refractivity contribution in [1.29, 1.82) is 0 Å². The number of carbonyl (C=O) groups excluding carboxylic acids is 1. The van der Waals surface area contributed by atoms with Crippen LogP contribution in [-0.2, 0) is 9.53 Å². The highest BCUT2D eigenvalue weighted by Crippen LogP contribution is 2.25. The van der Waals surface area contributed by atoms with Crippen molar-refractivity contribution in [3.63, 3.8) is 0 Å². The molecule has 14 heavy (non-hydrogen) atoms. The van der Waals surface area contributed by atoms with Gasteiger partial charge in [0.25, 0.3) is 0 Å². The molecule has 0 aromatic rings. The molecule has 0 aliphatic heterocycles. The molecular weight excluding hydrogens is 182 g/mol. The fourth-order valence-electron chi connectivity index (χ4n) is 1.67. The van der Waals surface area contributed by atoms with Crippen LogP contribution in [0.2, 0.25) is 0 Å². The molecule has 0 radical (unpaired) electrons. The second-order valence-corrected chi connectivity index (χ2v) is 3.48. The maximum Gasteiger partial charge on any atom is 0.306 e. The molecule has 1 rings (SSSR count). The van der Waals surface area contributed by atoms with E-state index in [0.717, 1.165) is 25.7 Å². The molecule has 1 aliphatic rings. The van der Waals surface area contributed by atoms with E-state index in [1.54, 1.807) is 0 Å². The molecule has 0 heterocycles. The van der Waals surface area contributed by atoms with E-state index >= 15 is 0 Å². The van der Waals surface area contributed by atoms with Crippen molar-refractivity contribution in [2.45, 2.75) is 51.2 Å². The molecule has 0 aromatic carbocycles. The summed E-state index contributed by atoms with van der Waals surface area (Å²) in [6, 6.07) is -0.152. The third-order valence-corrected chi connectivity index (χ3v) is 2.35. The summed E-state index contributed by atoms with van der Waals surface area (Å²) in [7, 11) is 0. The lowest BCUT2D eigenvalue weighted by Gasteiger charge is -2.15. The van der Waals surface area contributed by atoms with E-state index in [4.69, 9.17) is 10.3 Å². The Morgan fingerprint density at radius 3 is 3.07 bits per heavy atom. The van der Waals surface area contributed by atoms with Gasteiger partial charge in [-0.05, 0) is 31.2 Å². The van der Waals surface area contributed by atoms with Crippen LogP contribution in [-0.4, -0.2) is 18.1 Å². The largest absolute Gasteiger partial charge is 0.462 e. The summed E-state index contributed by atoms with van der Waals surface area (Å²) >= 11 is 0. The number of rotatable bonds is 4. The average molecular weight is 197 g/mol. The van der Waals surface area contributed by atoms with Crippen molar-refractivity contribution in [2.75, 3.05) is 0 Å². The van der Waals surface area contributed by atoms with Gasteiger partial charge < -0.3 is 4.74 Å². The highest BCUT2D eigenvalue weighted by atomic mass is 16.5. The molecule has 0 amide bonds. The predicted molar refractivity (Wildman–Crippen MR) is 51.6 cm³/mol. The van der Waals surface area contributed by atoms with Gasteiger partial charge in [-0.15, -0.1) is 0 Å². The fourth-order valence-corrected chi connectivity index (χ4v) is 1.67. The summed E-state index contributed by atoms with van der Waals surface area (Å²) in [5.74, 6) is -0.183. The first-order valence-electron chi connectivity index (χ1n) is 5.01. The molecule has 0 N–H and O–H groups in total. The van der Waals surface area contributed by atoms with Crippen LogP contribution >= 0.6 is 0 Å². The van der Waals surface area contributed by atoms with Crippen molar-refractivity contribution >= 4 is 5.97 Å². The van der Waals surface area contributed by atoms with Crippen molar-refractivity contribution in [2.24, 2.45) is 5.11 Å². The van der Waals surface area contributed by atoms with Gasteiger partial charge >= 0.3 is 5.97 Å². The first-order valence-corrected chi connectivity index (χ1v) is 5.01. The Balaban J connectivity index is 2.42. The molecule has 0 bridgehead atoms. The Labute approximate surface area is 83.1 Å². The minimum absolute atomic E-state index is 0.152. The number of hydrogen-bond donors (Lipinski definition) is 0. The van der Waals surface area contributed by atoms with Crippen molar-refractivity contribution in [3.05, 3.63) is 10.4 Å². The molecule has 0 spiro atoms. The van der Waals surface area contributed by atoms with Crippen LogP contribution in [0, 0.1) is 0 Å². The van der Waals surface area contributed by atoms with Crippen molar-refractivity contribution < 1.29 is 9.53 Å². The highest BCUT2D eigenvalue weighted by molar-refractivity contribution is 5.69. The SMILES string of the molecule is CCCC(=O)O[C@@H]1CCC[C@H]1N=[N+]=[N-]. The van der Waals surface area contributed by atoms with Gasteiger partial charge in [0.15, 0.2) is 0 Å². The van der Waals surface area contributed by atoms with Crippen LogP contribution in [0.5, 0.6) is 0 Å². The first-order chi connectivity index (χ1) is 6.77. The molecule has 5 nitrogen and oxygen atoms in total. The molecule has 1 fully saturated rings. The molecule has 5 heteroatoms. The molecule has 1 aliphatic carbocycles. The maximum atomic E-state index is 11.2. The molecule has 1 saturated carbocycles. The lowest BCUT2D eigenvalue weighted by atomic mass is 10.2. The molecule has 0 unspecified atom stereocenters. The van der Waals surface area contributed by atoms with Crippen LogP contribution in [0.25, 0.3) is 10.4 Å². The predicted octanol–water partition coefficient (Wildman–Crippen LogP) is 2.56. The zero-order valence-corrected chi connectivity index (χ0v) is 8.35.